The largest absolute Gasteiger partial charge is 0.385 e. The Kier molecular flexibility index (Phi) is 31.4. The Balaban J connectivity index is 0.000000126. The summed E-state index contributed by atoms with van der Waals surface area (Å²) in [5, 5.41) is 63.1. The first kappa shape index (κ1) is 91.7. The third-order valence-electron chi connectivity index (χ3n) is 27.0. The van der Waals surface area contributed by atoms with Gasteiger partial charge in [0.25, 0.3) is 0 Å². The fourth-order valence-corrected chi connectivity index (χ4v) is 20.7. The molecule has 8 N–H and O–H groups in total. The van der Waals surface area contributed by atoms with Crippen LogP contribution in [-0.2, 0) is 63.0 Å². The van der Waals surface area contributed by atoms with Crippen molar-refractivity contribution in [1.82, 2.24) is 63.7 Å². The van der Waals surface area contributed by atoms with Gasteiger partial charge in [-0.05, 0) is 160 Å². The molecule has 19 rings (SSSR count). The zero-order chi connectivity index (χ0) is 88.6. The maximum absolute atomic E-state index is 12.2. The number of hydrogen-bond donors (Lipinski definition) is 4. The van der Waals surface area contributed by atoms with Crippen molar-refractivity contribution < 1.29 is 23.7 Å². The van der Waals surface area contributed by atoms with E-state index in [1.165, 1.54) is 22.3 Å². The number of rotatable bonds is 18. The standard InChI is InChI=1S/C24H29ClN8O.C24H33ClN6O2.C23H30ClN7O.C21H27ClN6O/c25-19-3-1-17(2-4-19)9-21-16-34-22(14-32-13-18(11-26)12-28-32)15-33(21)20-5-7-31(8-6-20)24-10-23(27)29-30-24;25-18-5-3-17(4-6-18)12-20-16-33-21(14-30-9-1-2-24(30)32)15-31(20)19-7-10-29(11-8-19)23-13-22(26)27-28-23;1-29-9-8-20(28-29)21-14-31(19(15-32-21)12-16-2-4-17(24)5-3-16)18-6-10-30(11-7-18)23-13-22(25)26-27-23;22-16-3-1-15(2-4-16)11-18-14-29-19(5-8-23)13-28(18)17-6-9-27(10-7-17)21-12-20(24)25-26-21/h1-4,12-13,20-22H,5-10,14-16H2,(H2,27,29);3-6,19-21H,1-2,7-16H2,(H2,26,27);2-5,8-9,18-19,21H,6-7,10-15H2,1H3,(H2,25,26);1-4,17-19H,5-7,9-14H2,(H2,24,25)/t21-,22-;20-,21-;19-,21+;18-,19-/m0000/s1. The van der Waals surface area contributed by atoms with Crippen LogP contribution in [0.15, 0.2) is 163 Å². The Labute approximate surface area is 769 Å². The zero-order valence-corrected chi connectivity index (χ0v) is 76.0. The lowest BCUT2D eigenvalue weighted by Gasteiger charge is -2.47. The van der Waals surface area contributed by atoms with E-state index in [9.17, 15) is 4.79 Å². The van der Waals surface area contributed by atoms with Crippen LogP contribution in [-0.4, -0.2) is 301 Å². The molecule has 2 aromatic heterocycles. The molecule has 13 aliphatic rings. The maximum atomic E-state index is 12.2. The summed E-state index contributed by atoms with van der Waals surface area (Å²) in [6.45, 7) is 16.0. The van der Waals surface area contributed by atoms with Crippen molar-refractivity contribution >= 4 is 99.0 Å². The molecule has 0 bridgehead atoms. The van der Waals surface area contributed by atoms with E-state index >= 15 is 0 Å². The van der Waals surface area contributed by atoms with E-state index in [1.54, 1.807) is 12.4 Å². The Hall–Kier alpha value is -9.65. The van der Waals surface area contributed by atoms with Crippen LogP contribution in [0.4, 0.5) is 0 Å². The van der Waals surface area contributed by atoms with Gasteiger partial charge in [-0.2, -0.15) is 20.7 Å². The highest BCUT2D eigenvalue weighted by Gasteiger charge is 2.43. The van der Waals surface area contributed by atoms with E-state index in [-0.39, 0.29) is 30.3 Å². The summed E-state index contributed by atoms with van der Waals surface area (Å²) in [4.78, 5) is 34.0. The van der Waals surface area contributed by atoms with Gasteiger partial charge in [0.1, 0.15) is 58.9 Å². The quantitative estimate of drug-likeness (QED) is 0.0622. The van der Waals surface area contributed by atoms with E-state index in [1.807, 2.05) is 76.0 Å². The molecule has 8 atom stereocenters. The number of nitriles is 2. The summed E-state index contributed by atoms with van der Waals surface area (Å²) < 4.78 is 28.6. The molecule has 128 heavy (non-hydrogen) atoms. The van der Waals surface area contributed by atoms with Gasteiger partial charge in [0.2, 0.25) is 5.91 Å². The summed E-state index contributed by atoms with van der Waals surface area (Å²) >= 11 is 24.3. The highest BCUT2D eigenvalue weighted by Crippen LogP contribution is 2.35. The lowest BCUT2D eigenvalue weighted by atomic mass is 9.95. The van der Waals surface area contributed by atoms with Crippen LogP contribution < -0.4 is 22.9 Å². The first-order chi connectivity index (χ1) is 62.3. The number of likely N-dealkylation sites (tertiary alicyclic amines) is 5. The summed E-state index contributed by atoms with van der Waals surface area (Å²) in [5.41, 5.74) is 29.9. The van der Waals surface area contributed by atoms with Gasteiger partial charge >= 0.3 is 0 Å². The maximum Gasteiger partial charge on any atom is 0.222 e. The zero-order valence-electron chi connectivity index (χ0n) is 73.0. The molecule has 13 aliphatic heterocycles. The number of morpholine rings is 4. The average Bonchev–Trinajstić information content (AvgIpc) is 1.19. The summed E-state index contributed by atoms with van der Waals surface area (Å²) in [5.74, 6) is 6.64. The van der Waals surface area contributed by atoms with Gasteiger partial charge in [-0.15, -0.1) is 40.8 Å². The number of amides is 1. The molecule has 32 nitrogen and oxygen atoms in total. The number of hydrogen-bond acceptors (Lipinski definition) is 29. The van der Waals surface area contributed by atoms with Crippen molar-refractivity contribution in [3.05, 3.63) is 175 Å². The first-order valence-corrected chi connectivity index (χ1v) is 46.9. The Morgan fingerprint density at radius 2 is 0.773 bits per heavy atom. The first-order valence-electron chi connectivity index (χ1n) is 45.4. The summed E-state index contributed by atoms with van der Waals surface area (Å²) in [6.07, 6.45) is 22.5. The lowest BCUT2D eigenvalue weighted by molar-refractivity contribution is -0.133. The molecule has 0 saturated carbocycles. The molecule has 0 unspecified atom stereocenters. The summed E-state index contributed by atoms with van der Waals surface area (Å²) in [6, 6.07) is 42.1. The molecule has 36 heteroatoms. The second-order valence-electron chi connectivity index (χ2n) is 35.7. The van der Waals surface area contributed by atoms with Crippen molar-refractivity contribution in [1.29, 1.82) is 10.5 Å². The highest BCUT2D eigenvalue weighted by molar-refractivity contribution is 6.31. The second-order valence-corrected chi connectivity index (χ2v) is 37.5. The average molecular weight is 1820 g/mol. The SMILES string of the molecule is Cn1ccc([C@H]2CN(C3CCN(C4=NN=C(N)C4)CC3)[C@@H](Cc3ccc(Cl)cc3)CO2)n1.N#CC[C@H]1CN(C2CCN(C3=NN=C(N)C3)CC2)[C@@H](Cc2ccc(Cl)cc2)CO1.N#Cc1cnn(C[C@H]2CN(C3CCN(C4=NN=C(N)C4)CC3)[C@@H](Cc3ccc(Cl)cc3)CO2)c1.NC1=NN=C(N2CCC(N3C[C@H](CN4CCCC4=O)OC[C@@H]3Cc3ccc(Cl)cc3)CC2)C1. The van der Waals surface area contributed by atoms with Gasteiger partial charge in [0.15, 0.2) is 0 Å². The van der Waals surface area contributed by atoms with Crippen LogP contribution >= 0.6 is 46.4 Å². The number of carbonyl (C=O) groups excluding carboxylic acids is 1. The molecule has 0 radical (unpaired) electrons. The Morgan fingerprint density at radius 3 is 1.09 bits per heavy atom. The van der Waals surface area contributed by atoms with Gasteiger partial charge in [-0.25, -0.2) is 0 Å². The van der Waals surface area contributed by atoms with E-state index < -0.39 is 0 Å². The molecule has 9 saturated heterocycles. The fourth-order valence-electron chi connectivity index (χ4n) is 20.2. The number of nitrogens with zero attached hydrogens (tertiary/aromatic N) is 23. The number of amidine groups is 8. The molecule has 1 amide bonds. The van der Waals surface area contributed by atoms with Crippen molar-refractivity contribution in [3.63, 3.8) is 0 Å². The normalized spacial score (nSPS) is 25.6. The second kappa shape index (κ2) is 43.8. The van der Waals surface area contributed by atoms with Crippen LogP contribution in [0.1, 0.15) is 136 Å². The number of nitrogens with two attached hydrogens (primary N) is 4. The molecule has 0 spiro atoms. The molecular formula is C92H119Cl4N27O5. The van der Waals surface area contributed by atoms with Crippen molar-refractivity contribution in [2.45, 2.75) is 201 Å². The molecule has 6 aromatic rings. The highest BCUT2D eigenvalue weighted by atomic mass is 35.5. The van der Waals surface area contributed by atoms with Crippen LogP contribution in [0.2, 0.25) is 20.1 Å². The number of aromatic nitrogens is 4. The van der Waals surface area contributed by atoms with Crippen molar-refractivity contribution in [2.24, 2.45) is 70.8 Å². The van der Waals surface area contributed by atoms with E-state index in [0.717, 1.165) is 218 Å². The Bertz CT molecular complexity index is 5060. The molecule has 9 fully saturated rings. The minimum absolute atomic E-state index is 0.00287. The van der Waals surface area contributed by atoms with E-state index in [0.29, 0.717) is 155 Å². The third-order valence-corrected chi connectivity index (χ3v) is 28.0. The number of piperidine rings is 4. The van der Waals surface area contributed by atoms with E-state index in [2.05, 4.69) is 157 Å². The topological polar surface area (TPSA) is 369 Å². The molecule has 4 aromatic carbocycles. The minimum atomic E-state index is -0.00750. The van der Waals surface area contributed by atoms with E-state index in [4.69, 9.17) is 98.8 Å². The third kappa shape index (κ3) is 24.5. The van der Waals surface area contributed by atoms with Gasteiger partial charge < -0.3 is 66.4 Å². The van der Waals surface area contributed by atoms with Crippen LogP contribution in [0.5, 0.6) is 0 Å². The van der Waals surface area contributed by atoms with Gasteiger partial charge in [0.05, 0.1) is 107 Å². The smallest absolute Gasteiger partial charge is 0.222 e. The van der Waals surface area contributed by atoms with Gasteiger partial charge in [0, 0.05) is 186 Å². The number of halogens is 4. The summed E-state index contributed by atoms with van der Waals surface area (Å²) in [7, 11) is 1.95. The minimum Gasteiger partial charge on any atom is -0.385 e. The van der Waals surface area contributed by atoms with Gasteiger partial charge in [-0.3, -0.25) is 33.8 Å². The van der Waals surface area contributed by atoms with Crippen LogP contribution in [0, 0.1) is 22.7 Å². The molecule has 15 heterocycles. The predicted molar refractivity (Wildman–Crippen MR) is 500 cm³/mol. The number of aryl methyl sites for hydroxylation is 1. The Morgan fingerprint density at radius 1 is 0.430 bits per heavy atom. The number of ether oxygens (including phenoxy) is 4. The fraction of sp³-hybridized carbons (Fsp3) is 0.554. The predicted octanol–water partition coefficient (Wildman–Crippen LogP) is 9.37. The molecular weight excluding hydrogens is 1710 g/mol. The van der Waals surface area contributed by atoms with Crippen LogP contribution in [0.25, 0.3) is 0 Å². The monoisotopic (exact) mass is 1820 g/mol. The molecule has 680 valence electrons. The van der Waals surface area contributed by atoms with Crippen molar-refractivity contribution in [2.75, 3.05) is 118 Å². The van der Waals surface area contributed by atoms with Crippen LogP contribution in [0.3, 0.4) is 0 Å². The number of benzene rings is 4. The van der Waals surface area contributed by atoms with Crippen molar-refractivity contribution in [3.8, 4) is 12.1 Å². The number of carbonyl (C=O) groups is 1. The lowest BCUT2D eigenvalue weighted by Crippen LogP contribution is -2.59. The van der Waals surface area contributed by atoms with Gasteiger partial charge in [-0.1, -0.05) is 94.9 Å². The molecule has 0 aliphatic carbocycles.